The Hall–Kier alpha value is -3.22. The van der Waals surface area contributed by atoms with Gasteiger partial charge in [0.15, 0.2) is 12.3 Å². The molecule has 0 spiro atoms. The zero-order valence-electron chi connectivity index (χ0n) is 16.6. The second-order valence-corrected chi connectivity index (χ2v) is 6.47. The molecule has 146 valence electrons. The van der Waals surface area contributed by atoms with Gasteiger partial charge in [0, 0.05) is 25.7 Å². The van der Waals surface area contributed by atoms with Crippen LogP contribution in [0.4, 0.5) is 0 Å². The number of nitrogens with zero attached hydrogens (tertiary/aromatic N) is 4. The maximum Gasteiger partial charge on any atom is 0.339 e. The third kappa shape index (κ3) is 3.74. The van der Waals surface area contributed by atoms with Gasteiger partial charge in [-0.3, -0.25) is 9.48 Å². The first-order valence-corrected chi connectivity index (χ1v) is 9.30. The lowest BCUT2D eigenvalue weighted by Gasteiger charge is -2.18. The van der Waals surface area contributed by atoms with Crippen molar-refractivity contribution < 1.29 is 14.3 Å². The van der Waals surface area contributed by atoms with E-state index < -0.39 is 5.97 Å². The highest BCUT2D eigenvalue weighted by Crippen LogP contribution is 2.27. The number of esters is 1. The van der Waals surface area contributed by atoms with Crippen LogP contribution in [0.25, 0.3) is 22.3 Å². The Morgan fingerprint density at radius 2 is 1.82 bits per heavy atom. The zero-order valence-corrected chi connectivity index (χ0v) is 16.6. The van der Waals surface area contributed by atoms with Crippen molar-refractivity contribution in [2.24, 2.45) is 7.05 Å². The molecule has 3 aromatic rings. The van der Waals surface area contributed by atoms with Crippen molar-refractivity contribution >= 4 is 22.9 Å². The lowest BCUT2D eigenvalue weighted by Crippen LogP contribution is -2.34. The number of pyridine rings is 1. The molecule has 0 atom stereocenters. The van der Waals surface area contributed by atoms with Gasteiger partial charge in [-0.05, 0) is 26.8 Å². The SMILES string of the molecule is CCN(CC)C(=O)COC(=O)c1cc(-c2ccccc2)nc2c1c(C)nn2C. The van der Waals surface area contributed by atoms with Crippen LogP contribution >= 0.6 is 0 Å². The minimum Gasteiger partial charge on any atom is -0.452 e. The molecule has 7 heteroatoms. The standard InChI is InChI=1S/C21H24N4O3/c1-5-25(6-2)18(26)13-28-21(27)16-12-17(15-10-8-7-9-11-15)22-20-19(16)14(3)23-24(20)4/h7-12H,5-6,13H2,1-4H3. The van der Waals surface area contributed by atoms with E-state index >= 15 is 0 Å². The Balaban J connectivity index is 1.99. The number of amides is 1. The number of aryl methyl sites for hydroxylation is 2. The zero-order chi connectivity index (χ0) is 20.3. The molecule has 28 heavy (non-hydrogen) atoms. The van der Waals surface area contributed by atoms with Crippen LogP contribution in [0.15, 0.2) is 36.4 Å². The van der Waals surface area contributed by atoms with Crippen molar-refractivity contribution in [3.63, 3.8) is 0 Å². The molecule has 0 aliphatic heterocycles. The normalized spacial score (nSPS) is 10.9. The lowest BCUT2D eigenvalue weighted by molar-refractivity contribution is -0.134. The molecule has 0 saturated heterocycles. The number of hydrogen-bond donors (Lipinski definition) is 0. The van der Waals surface area contributed by atoms with Gasteiger partial charge < -0.3 is 9.64 Å². The van der Waals surface area contributed by atoms with E-state index in [1.54, 1.807) is 22.7 Å². The Labute approximate surface area is 163 Å². The van der Waals surface area contributed by atoms with Crippen LogP contribution in [0.2, 0.25) is 0 Å². The van der Waals surface area contributed by atoms with Crippen LogP contribution in [0.5, 0.6) is 0 Å². The number of likely N-dealkylation sites (N-methyl/N-ethyl adjacent to an activating group) is 1. The third-order valence-electron chi connectivity index (χ3n) is 4.70. The van der Waals surface area contributed by atoms with Crippen LogP contribution < -0.4 is 0 Å². The minimum atomic E-state index is -0.554. The number of fused-ring (bicyclic) bond motifs is 1. The van der Waals surface area contributed by atoms with Crippen molar-refractivity contribution in [2.75, 3.05) is 19.7 Å². The van der Waals surface area contributed by atoms with Gasteiger partial charge in [0.25, 0.3) is 5.91 Å². The molecule has 3 rings (SSSR count). The van der Waals surface area contributed by atoms with E-state index in [4.69, 9.17) is 4.74 Å². The molecule has 0 radical (unpaired) electrons. The first kappa shape index (κ1) is 19.5. The Kier molecular flexibility index (Phi) is 5.73. The molecule has 0 aliphatic carbocycles. The molecular formula is C21H24N4O3. The smallest absolute Gasteiger partial charge is 0.339 e. The minimum absolute atomic E-state index is 0.213. The van der Waals surface area contributed by atoms with Gasteiger partial charge in [0.2, 0.25) is 0 Å². The first-order valence-electron chi connectivity index (χ1n) is 9.30. The highest BCUT2D eigenvalue weighted by molar-refractivity contribution is 6.05. The number of benzene rings is 1. The largest absolute Gasteiger partial charge is 0.452 e. The van der Waals surface area contributed by atoms with Crippen LogP contribution in [-0.2, 0) is 16.6 Å². The summed E-state index contributed by atoms with van der Waals surface area (Å²) >= 11 is 0. The van der Waals surface area contributed by atoms with E-state index in [1.165, 1.54) is 0 Å². The highest BCUT2D eigenvalue weighted by Gasteiger charge is 2.21. The van der Waals surface area contributed by atoms with Crippen LogP contribution in [-0.4, -0.2) is 51.2 Å². The van der Waals surface area contributed by atoms with Crippen LogP contribution in [0.3, 0.4) is 0 Å². The average molecular weight is 380 g/mol. The van der Waals surface area contributed by atoms with Crippen molar-refractivity contribution in [2.45, 2.75) is 20.8 Å². The molecule has 0 unspecified atom stereocenters. The van der Waals surface area contributed by atoms with E-state index in [0.717, 1.165) is 5.56 Å². The summed E-state index contributed by atoms with van der Waals surface area (Å²) in [7, 11) is 1.79. The summed E-state index contributed by atoms with van der Waals surface area (Å²) in [5.41, 5.74) is 3.18. The van der Waals surface area contributed by atoms with Crippen molar-refractivity contribution in [1.82, 2.24) is 19.7 Å². The Bertz CT molecular complexity index is 1010. The molecular weight excluding hydrogens is 356 g/mol. The fourth-order valence-electron chi connectivity index (χ4n) is 3.24. The van der Waals surface area contributed by atoms with Crippen molar-refractivity contribution in [1.29, 1.82) is 0 Å². The number of carbonyl (C=O) groups is 2. The molecule has 1 amide bonds. The van der Waals surface area contributed by atoms with E-state index in [0.29, 0.717) is 41.1 Å². The van der Waals surface area contributed by atoms with Gasteiger partial charge in [-0.1, -0.05) is 30.3 Å². The monoisotopic (exact) mass is 380 g/mol. The molecule has 7 nitrogen and oxygen atoms in total. The molecule has 0 bridgehead atoms. The van der Waals surface area contributed by atoms with Gasteiger partial charge in [0.1, 0.15) is 0 Å². The van der Waals surface area contributed by atoms with Gasteiger partial charge >= 0.3 is 5.97 Å². The molecule has 0 aliphatic rings. The number of hydrogen-bond acceptors (Lipinski definition) is 5. The van der Waals surface area contributed by atoms with E-state index in [1.807, 2.05) is 51.1 Å². The number of rotatable bonds is 6. The summed E-state index contributed by atoms with van der Waals surface area (Å²) in [4.78, 5) is 31.3. The molecule has 1 aromatic carbocycles. The van der Waals surface area contributed by atoms with Crippen molar-refractivity contribution in [3.8, 4) is 11.3 Å². The predicted molar refractivity (Wildman–Crippen MR) is 107 cm³/mol. The summed E-state index contributed by atoms with van der Waals surface area (Å²) in [5.74, 6) is -0.768. The van der Waals surface area contributed by atoms with Gasteiger partial charge in [0.05, 0.1) is 22.3 Å². The number of aromatic nitrogens is 3. The van der Waals surface area contributed by atoms with Crippen LogP contribution in [0.1, 0.15) is 29.9 Å². The maximum absolute atomic E-state index is 12.8. The van der Waals surface area contributed by atoms with E-state index in [2.05, 4.69) is 10.1 Å². The summed E-state index contributed by atoms with van der Waals surface area (Å²) < 4.78 is 6.99. The lowest BCUT2D eigenvalue weighted by atomic mass is 10.1. The summed E-state index contributed by atoms with van der Waals surface area (Å²) in [6, 6.07) is 11.3. The molecule has 0 N–H and O–H groups in total. The fourth-order valence-corrected chi connectivity index (χ4v) is 3.24. The average Bonchev–Trinajstić information content (AvgIpc) is 3.00. The fraction of sp³-hybridized carbons (Fsp3) is 0.333. The summed E-state index contributed by atoms with van der Waals surface area (Å²) in [6.45, 7) is 6.47. The molecule has 0 fully saturated rings. The first-order chi connectivity index (χ1) is 13.5. The highest BCUT2D eigenvalue weighted by atomic mass is 16.5. The summed E-state index contributed by atoms with van der Waals surface area (Å²) in [6.07, 6.45) is 0. The molecule has 2 aromatic heterocycles. The second kappa shape index (κ2) is 8.21. The topological polar surface area (TPSA) is 77.3 Å². The van der Waals surface area contributed by atoms with E-state index in [-0.39, 0.29) is 12.5 Å². The second-order valence-electron chi connectivity index (χ2n) is 6.47. The Morgan fingerprint density at radius 1 is 1.14 bits per heavy atom. The van der Waals surface area contributed by atoms with Gasteiger partial charge in [-0.25, -0.2) is 9.78 Å². The molecule has 2 heterocycles. The van der Waals surface area contributed by atoms with Gasteiger partial charge in [-0.2, -0.15) is 5.10 Å². The predicted octanol–water partition coefficient (Wildman–Crippen LogP) is 2.97. The van der Waals surface area contributed by atoms with E-state index in [9.17, 15) is 9.59 Å². The summed E-state index contributed by atoms with van der Waals surface area (Å²) in [5, 5.41) is 5.03. The quantitative estimate of drug-likeness (QED) is 0.615. The van der Waals surface area contributed by atoms with Crippen LogP contribution in [0, 0.1) is 6.92 Å². The Morgan fingerprint density at radius 3 is 2.46 bits per heavy atom. The number of ether oxygens (including phenoxy) is 1. The van der Waals surface area contributed by atoms with Crippen molar-refractivity contribution in [3.05, 3.63) is 47.7 Å². The third-order valence-corrected chi connectivity index (χ3v) is 4.70. The molecule has 0 saturated carbocycles. The maximum atomic E-state index is 12.8. The number of carbonyl (C=O) groups excluding carboxylic acids is 2. The van der Waals surface area contributed by atoms with Gasteiger partial charge in [-0.15, -0.1) is 0 Å².